The Kier molecular flexibility index (Phi) is 5.08. The van der Waals surface area contributed by atoms with Crippen molar-refractivity contribution in [3.05, 3.63) is 46.3 Å². The number of nitrogens with zero attached hydrogens (tertiary/aromatic N) is 2. The van der Waals surface area contributed by atoms with Crippen LogP contribution in [0, 0.1) is 13.8 Å². The second-order valence-corrected chi connectivity index (χ2v) is 5.65. The van der Waals surface area contributed by atoms with Gasteiger partial charge in [0.25, 0.3) is 5.91 Å². The smallest absolute Gasteiger partial charge is 0.263 e. The largest absolute Gasteiger partial charge is 0.481 e. The summed E-state index contributed by atoms with van der Waals surface area (Å²) in [5, 5.41) is 4.46. The molecule has 0 unspecified atom stereocenters. The number of hydrogen-bond donors (Lipinski definition) is 0. The standard InChI is InChI=1S/C16H19ClN2O3/c1-10-15(11(2)22-18-10)9-19(4)16(20)12(3)21-14-7-5-6-13(17)8-14/h5-8,12H,9H2,1-4H3/t12-/m0/s1. The summed E-state index contributed by atoms with van der Waals surface area (Å²) in [5.74, 6) is 1.17. The summed E-state index contributed by atoms with van der Waals surface area (Å²) in [4.78, 5) is 14.0. The summed E-state index contributed by atoms with van der Waals surface area (Å²) in [6, 6.07) is 6.98. The van der Waals surface area contributed by atoms with E-state index in [1.54, 1.807) is 43.1 Å². The van der Waals surface area contributed by atoms with Gasteiger partial charge in [0.15, 0.2) is 6.10 Å². The molecule has 0 aliphatic rings. The Hall–Kier alpha value is -2.01. The third-order valence-electron chi connectivity index (χ3n) is 3.41. The van der Waals surface area contributed by atoms with Gasteiger partial charge in [-0.05, 0) is 39.0 Å². The molecule has 0 aliphatic carbocycles. The van der Waals surface area contributed by atoms with E-state index in [4.69, 9.17) is 20.9 Å². The zero-order valence-electron chi connectivity index (χ0n) is 13.1. The highest BCUT2D eigenvalue weighted by atomic mass is 35.5. The van der Waals surface area contributed by atoms with E-state index in [9.17, 15) is 4.79 Å². The van der Waals surface area contributed by atoms with E-state index < -0.39 is 6.10 Å². The van der Waals surface area contributed by atoms with Gasteiger partial charge in [0.1, 0.15) is 11.5 Å². The highest BCUT2D eigenvalue weighted by Crippen LogP contribution is 2.19. The van der Waals surface area contributed by atoms with Crippen LogP contribution in [0.15, 0.2) is 28.8 Å². The van der Waals surface area contributed by atoms with E-state index in [1.165, 1.54) is 0 Å². The van der Waals surface area contributed by atoms with Crippen molar-refractivity contribution in [1.82, 2.24) is 10.1 Å². The number of likely N-dealkylation sites (N-methyl/N-ethyl adjacent to an activating group) is 1. The normalized spacial score (nSPS) is 12.0. The predicted molar refractivity (Wildman–Crippen MR) is 84.0 cm³/mol. The summed E-state index contributed by atoms with van der Waals surface area (Å²) < 4.78 is 10.8. The molecule has 0 spiro atoms. The number of halogens is 1. The van der Waals surface area contributed by atoms with E-state index in [0.29, 0.717) is 17.3 Å². The Balaban J connectivity index is 2.01. The number of aromatic nitrogens is 1. The molecular formula is C16H19ClN2O3. The number of benzene rings is 1. The number of rotatable bonds is 5. The maximum atomic E-state index is 12.4. The molecule has 1 heterocycles. The third-order valence-corrected chi connectivity index (χ3v) is 3.64. The van der Waals surface area contributed by atoms with Crippen LogP contribution in [-0.2, 0) is 11.3 Å². The first-order valence-corrected chi connectivity index (χ1v) is 7.35. The SMILES string of the molecule is Cc1noc(C)c1CN(C)C(=O)[C@H](C)Oc1cccc(Cl)c1. The van der Waals surface area contributed by atoms with Crippen molar-refractivity contribution < 1.29 is 14.1 Å². The number of ether oxygens (including phenoxy) is 1. The number of aryl methyl sites for hydroxylation is 2. The van der Waals surface area contributed by atoms with Gasteiger partial charge in [-0.15, -0.1) is 0 Å². The van der Waals surface area contributed by atoms with Gasteiger partial charge in [0, 0.05) is 17.6 Å². The van der Waals surface area contributed by atoms with Crippen LogP contribution >= 0.6 is 11.6 Å². The van der Waals surface area contributed by atoms with Crippen LogP contribution in [0.2, 0.25) is 5.02 Å². The molecule has 1 atom stereocenters. The Labute approximate surface area is 134 Å². The van der Waals surface area contributed by atoms with Crippen LogP contribution in [0.5, 0.6) is 5.75 Å². The molecule has 6 heteroatoms. The molecule has 0 saturated heterocycles. The van der Waals surface area contributed by atoms with Crippen LogP contribution in [0.3, 0.4) is 0 Å². The minimum atomic E-state index is -0.607. The van der Waals surface area contributed by atoms with Crippen molar-refractivity contribution in [1.29, 1.82) is 0 Å². The Morgan fingerprint density at radius 3 is 2.77 bits per heavy atom. The topological polar surface area (TPSA) is 55.6 Å². The Morgan fingerprint density at radius 2 is 2.18 bits per heavy atom. The van der Waals surface area contributed by atoms with Crippen molar-refractivity contribution in [3.8, 4) is 5.75 Å². The molecule has 22 heavy (non-hydrogen) atoms. The van der Waals surface area contributed by atoms with Crippen LogP contribution in [0.4, 0.5) is 0 Å². The van der Waals surface area contributed by atoms with Gasteiger partial charge in [-0.3, -0.25) is 4.79 Å². The Bertz CT molecular complexity index is 650. The molecule has 2 aromatic rings. The van der Waals surface area contributed by atoms with Gasteiger partial charge in [0.05, 0.1) is 12.2 Å². The molecule has 0 aliphatic heterocycles. The van der Waals surface area contributed by atoms with Crippen LogP contribution in [0.1, 0.15) is 23.9 Å². The predicted octanol–water partition coefficient (Wildman–Crippen LogP) is 3.37. The second-order valence-electron chi connectivity index (χ2n) is 5.21. The van der Waals surface area contributed by atoms with Crippen molar-refractivity contribution in [2.45, 2.75) is 33.4 Å². The zero-order chi connectivity index (χ0) is 16.3. The maximum absolute atomic E-state index is 12.4. The van der Waals surface area contributed by atoms with Gasteiger partial charge in [-0.1, -0.05) is 22.8 Å². The highest BCUT2D eigenvalue weighted by molar-refractivity contribution is 6.30. The van der Waals surface area contributed by atoms with Gasteiger partial charge in [-0.2, -0.15) is 0 Å². The average Bonchev–Trinajstić information content (AvgIpc) is 2.78. The van der Waals surface area contributed by atoms with E-state index >= 15 is 0 Å². The van der Waals surface area contributed by atoms with Crippen molar-refractivity contribution in [3.63, 3.8) is 0 Å². The summed E-state index contributed by atoms with van der Waals surface area (Å²) >= 11 is 5.91. The van der Waals surface area contributed by atoms with E-state index in [1.807, 2.05) is 13.8 Å². The van der Waals surface area contributed by atoms with Crippen molar-refractivity contribution in [2.75, 3.05) is 7.05 Å². The fourth-order valence-corrected chi connectivity index (χ4v) is 2.33. The van der Waals surface area contributed by atoms with E-state index in [-0.39, 0.29) is 5.91 Å². The number of hydrogen-bond acceptors (Lipinski definition) is 4. The number of carbonyl (C=O) groups excluding carboxylic acids is 1. The molecule has 0 fully saturated rings. The number of amides is 1. The average molecular weight is 323 g/mol. The lowest BCUT2D eigenvalue weighted by atomic mass is 10.2. The van der Waals surface area contributed by atoms with Gasteiger partial charge in [0.2, 0.25) is 0 Å². The van der Waals surface area contributed by atoms with Crippen LogP contribution in [-0.4, -0.2) is 29.1 Å². The quantitative estimate of drug-likeness (QED) is 0.847. The molecule has 2 rings (SSSR count). The fourth-order valence-electron chi connectivity index (χ4n) is 2.15. The number of carbonyl (C=O) groups is 1. The molecule has 1 aromatic heterocycles. The monoisotopic (exact) mass is 322 g/mol. The lowest BCUT2D eigenvalue weighted by Crippen LogP contribution is -2.37. The zero-order valence-corrected chi connectivity index (χ0v) is 13.8. The molecule has 1 aromatic carbocycles. The molecule has 5 nitrogen and oxygen atoms in total. The Morgan fingerprint density at radius 1 is 1.45 bits per heavy atom. The minimum Gasteiger partial charge on any atom is -0.481 e. The fraction of sp³-hybridized carbons (Fsp3) is 0.375. The first-order chi connectivity index (χ1) is 10.4. The molecule has 0 N–H and O–H groups in total. The van der Waals surface area contributed by atoms with Crippen molar-refractivity contribution >= 4 is 17.5 Å². The molecular weight excluding hydrogens is 304 g/mol. The second kappa shape index (κ2) is 6.83. The lowest BCUT2D eigenvalue weighted by molar-refractivity contribution is -0.137. The first kappa shape index (κ1) is 16.4. The molecule has 0 saturated carbocycles. The van der Waals surface area contributed by atoms with Gasteiger partial charge >= 0.3 is 0 Å². The summed E-state index contributed by atoms with van der Waals surface area (Å²) in [6.45, 7) is 5.84. The lowest BCUT2D eigenvalue weighted by Gasteiger charge is -2.22. The summed E-state index contributed by atoms with van der Waals surface area (Å²) in [5.41, 5.74) is 1.71. The molecule has 0 radical (unpaired) electrons. The van der Waals surface area contributed by atoms with Crippen molar-refractivity contribution in [2.24, 2.45) is 0 Å². The first-order valence-electron chi connectivity index (χ1n) is 6.97. The molecule has 0 bridgehead atoms. The summed E-state index contributed by atoms with van der Waals surface area (Å²) in [7, 11) is 1.73. The highest BCUT2D eigenvalue weighted by Gasteiger charge is 2.21. The van der Waals surface area contributed by atoms with Gasteiger partial charge in [-0.25, -0.2) is 0 Å². The summed E-state index contributed by atoms with van der Waals surface area (Å²) in [6.07, 6.45) is -0.607. The molecule has 118 valence electrons. The van der Waals surface area contributed by atoms with Crippen LogP contribution in [0.25, 0.3) is 0 Å². The third kappa shape index (κ3) is 3.80. The van der Waals surface area contributed by atoms with E-state index in [2.05, 4.69) is 5.16 Å². The van der Waals surface area contributed by atoms with E-state index in [0.717, 1.165) is 17.0 Å². The molecule has 1 amide bonds. The van der Waals surface area contributed by atoms with Gasteiger partial charge < -0.3 is 14.2 Å². The maximum Gasteiger partial charge on any atom is 0.263 e. The minimum absolute atomic E-state index is 0.125. The van der Waals surface area contributed by atoms with Crippen LogP contribution < -0.4 is 4.74 Å².